The molecular formula is C14H26O3. The van der Waals surface area contributed by atoms with E-state index < -0.39 is 0 Å². The van der Waals surface area contributed by atoms with Gasteiger partial charge in [-0.05, 0) is 24.2 Å². The minimum absolute atomic E-state index is 0.0986. The topological polar surface area (TPSA) is 46.5 Å². The first-order valence-electron chi connectivity index (χ1n) is 6.31. The van der Waals surface area contributed by atoms with Crippen LogP contribution < -0.4 is 0 Å². The summed E-state index contributed by atoms with van der Waals surface area (Å²) in [4.78, 5) is 11.1. The quantitative estimate of drug-likeness (QED) is 0.526. The third kappa shape index (κ3) is 10.1. The molecule has 0 aromatic heterocycles. The van der Waals surface area contributed by atoms with Crippen molar-refractivity contribution in [2.45, 2.75) is 47.0 Å². The first kappa shape index (κ1) is 16.2. The Balaban J connectivity index is 3.83. The number of esters is 1. The summed E-state index contributed by atoms with van der Waals surface area (Å²) in [6, 6.07) is 0. The molecule has 0 aliphatic rings. The third-order valence-electron chi connectivity index (χ3n) is 2.37. The van der Waals surface area contributed by atoms with E-state index in [2.05, 4.69) is 33.8 Å². The maximum absolute atomic E-state index is 11.1. The van der Waals surface area contributed by atoms with Crippen LogP contribution in [0.5, 0.6) is 0 Å². The van der Waals surface area contributed by atoms with Gasteiger partial charge in [-0.15, -0.1) is 0 Å². The molecule has 0 saturated heterocycles. The minimum Gasteiger partial charge on any atom is -0.463 e. The van der Waals surface area contributed by atoms with Gasteiger partial charge < -0.3 is 9.84 Å². The molecule has 3 heteroatoms. The van der Waals surface area contributed by atoms with Crippen molar-refractivity contribution >= 4 is 5.97 Å². The summed E-state index contributed by atoms with van der Waals surface area (Å²) in [5.41, 5.74) is 0.184. The summed E-state index contributed by atoms with van der Waals surface area (Å²) in [6.07, 6.45) is 6.44. The summed E-state index contributed by atoms with van der Waals surface area (Å²) < 4.78 is 4.77. The molecule has 17 heavy (non-hydrogen) atoms. The Morgan fingerprint density at radius 2 is 2.06 bits per heavy atom. The van der Waals surface area contributed by atoms with Crippen LogP contribution in [0.1, 0.15) is 47.0 Å². The van der Waals surface area contributed by atoms with Gasteiger partial charge in [0.05, 0.1) is 6.61 Å². The van der Waals surface area contributed by atoms with E-state index in [9.17, 15) is 4.79 Å². The Kier molecular flexibility index (Phi) is 7.88. The second kappa shape index (κ2) is 8.29. The number of hydrogen-bond acceptors (Lipinski definition) is 3. The van der Waals surface area contributed by atoms with Gasteiger partial charge in [0.2, 0.25) is 0 Å². The van der Waals surface area contributed by atoms with Crippen molar-refractivity contribution in [2.75, 3.05) is 13.2 Å². The van der Waals surface area contributed by atoms with E-state index in [1.165, 1.54) is 0 Å². The number of carbonyl (C=O) groups is 1. The molecule has 0 atom stereocenters. The Bertz CT molecular complexity index is 242. The van der Waals surface area contributed by atoms with Crippen molar-refractivity contribution < 1.29 is 14.6 Å². The number of aliphatic hydroxyl groups excluding tert-OH is 1. The van der Waals surface area contributed by atoms with Crippen LogP contribution in [0.2, 0.25) is 0 Å². The standard InChI is InChI=1S/C14H26O3/c1-12(2)11-14(3,4)8-6-5-7-13(16)17-10-9-15/h6,8,12,15H,5,7,9-11H2,1-4H3. The van der Waals surface area contributed by atoms with Crippen molar-refractivity contribution in [1.82, 2.24) is 0 Å². The van der Waals surface area contributed by atoms with Gasteiger partial charge in [0.15, 0.2) is 0 Å². The maximum atomic E-state index is 11.1. The molecule has 0 radical (unpaired) electrons. The van der Waals surface area contributed by atoms with E-state index in [4.69, 9.17) is 9.84 Å². The largest absolute Gasteiger partial charge is 0.463 e. The summed E-state index contributed by atoms with van der Waals surface area (Å²) in [5.74, 6) is 0.425. The lowest BCUT2D eigenvalue weighted by Gasteiger charge is -2.22. The molecule has 100 valence electrons. The van der Waals surface area contributed by atoms with Gasteiger partial charge >= 0.3 is 5.97 Å². The van der Waals surface area contributed by atoms with E-state index in [1.807, 2.05) is 6.08 Å². The van der Waals surface area contributed by atoms with Crippen LogP contribution in [0, 0.1) is 11.3 Å². The van der Waals surface area contributed by atoms with Crippen LogP contribution >= 0.6 is 0 Å². The molecule has 0 unspecified atom stereocenters. The minimum atomic E-state index is -0.245. The zero-order valence-electron chi connectivity index (χ0n) is 11.5. The first-order valence-corrected chi connectivity index (χ1v) is 6.31. The van der Waals surface area contributed by atoms with E-state index in [-0.39, 0.29) is 24.6 Å². The molecule has 0 saturated carbocycles. The summed E-state index contributed by atoms with van der Waals surface area (Å²) >= 11 is 0. The molecule has 0 heterocycles. The molecule has 0 bridgehead atoms. The number of allylic oxidation sites excluding steroid dienone is 2. The molecule has 0 fully saturated rings. The number of carbonyl (C=O) groups excluding carboxylic acids is 1. The van der Waals surface area contributed by atoms with Gasteiger partial charge in [-0.25, -0.2) is 0 Å². The van der Waals surface area contributed by atoms with Crippen LogP contribution in [0.3, 0.4) is 0 Å². The highest BCUT2D eigenvalue weighted by molar-refractivity contribution is 5.69. The third-order valence-corrected chi connectivity index (χ3v) is 2.37. The molecular weight excluding hydrogens is 216 g/mol. The lowest BCUT2D eigenvalue weighted by atomic mass is 9.83. The molecule has 0 aromatic carbocycles. The van der Waals surface area contributed by atoms with Crippen molar-refractivity contribution in [2.24, 2.45) is 11.3 Å². The molecule has 0 aromatic rings. The molecule has 0 rings (SSSR count). The van der Waals surface area contributed by atoms with Crippen LogP contribution in [-0.2, 0) is 9.53 Å². The van der Waals surface area contributed by atoms with Crippen molar-refractivity contribution in [3.05, 3.63) is 12.2 Å². The van der Waals surface area contributed by atoms with E-state index in [0.29, 0.717) is 18.8 Å². The summed E-state index contributed by atoms with van der Waals surface area (Å²) in [7, 11) is 0. The average Bonchev–Trinajstić information content (AvgIpc) is 2.19. The lowest BCUT2D eigenvalue weighted by molar-refractivity contribution is -0.144. The highest BCUT2D eigenvalue weighted by atomic mass is 16.5. The number of hydrogen-bond donors (Lipinski definition) is 1. The van der Waals surface area contributed by atoms with Crippen molar-refractivity contribution in [1.29, 1.82) is 0 Å². The lowest BCUT2D eigenvalue weighted by Crippen LogP contribution is -2.11. The maximum Gasteiger partial charge on any atom is 0.306 e. The highest BCUT2D eigenvalue weighted by Gasteiger charge is 2.15. The molecule has 1 N–H and O–H groups in total. The Hall–Kier alpha value is -0.830. The number of ether oxygens (including phenoxy) is 1. The predicted molar refractivity (Wildman–Crippen MR) is 69.7 cm³/mol. The SMILES string of the molecule is CC(C)CC(C)(C)C=CCCC(=O)OCCO. The van der Waals surface area contributed by atoms with E-state index >= 15 is 0 Å². The zero-order chi connectivity index (χ0) is 13.3. The second-order valence-corrected chi connectivity index (χ2v) is 5.47. The highest BCUT2D eigenvalue weighted by Crippen LogP contribution is 2.26. The summed E-state index contributed by atoms with van der Waals surface area (Å²) in [5, 5.41) is 8.49. The zero-order valence-corrected chi connectivity index (χ0v) is 11.5. The van der Waals surface area contributed by atoms with Crippen molar-refractivity contribution in [3.8, 4) is 0 Å². The predicted octanol–water partition coefficient (Wildman–Crippen LogP) is 2.93. The van der Waals surface area contributed by atoms with E-state index in [1.54, 1.807) is 0 Å². The van der Waals surface area contributed by atoms with Gasteiger partial charge in [0.1, 0.15) is 6.61 Å². The van der Waals surface area contributed by atoms with Gasteiger partial charge in [0.25, 0.3) is 0 Å². The number of aliphatic hydroxyl groups is 1. The molecule has 0 aliphatic heterocycles. The van der Waals surface area contributed by atoms with Crippen LogP contribution in [-0.4, -0.2) is 24.3 Å². The smallest absolute Gasteiger partial charge is 0.306 e. The van der Waals surface area contributed by atoms with Crippen molar-refractivity contribution in [3.63, 3.8) is 0 Å². The van der Waals surface area contributed by atoms with Gasteiger partial charge in [-0.2, -0.15) is 0 Å². The first-order chi connectivity index (χ1) is 7.87. The fraction of sp³-hybridized carbons (Fsp3) is 0.786. The van der Waals surface area contributed by atoms with Gasteiger partial charge in [0, 0.05) is 6.42 Å². The van der Waals surface area contributed by atoms with Crippen LogP contribution in [0.15, 0.2) is 12.2 Å². The monoisotopic (exact) mass is 242 g/mol. The second-order valence-electron chi connectivity index (χ2n) is 5.47. The number of rotatable bonds is 8. The molecule has 0 aliphatic carbocycles. The Morgan fingerprint density at radius 3 is 2.59 bits per heavy atom. The summed E-state index contributed by atoms with van der Waals surface area (Å²) in [6.45, 7) is 8.81. The van der Waals surface area contributed by atoms with Crippen LogP contribution in [0.4, 0.5) is 0 Å². The molecule has 3 nitrogen and oxygen atoms in total. The van der Waals surface area contributed by atoms with Crippen LogP contribution in [0.25, 0.3) is 0 Å². The fourth-order valence-corrected chi connectivity index (χ4v) is 1.96. The average molecular weight is 242 g/mol. The van der Waals surface area contributed by atoms with E-state index in [0.717, 1.165) is 6.42 Å². The Morgan fingerprint density at radius 1 is 1.41 bits per heavy atom. The molecule has 0 spiro atoms. The van der Waals surface area contributed by atoms with Gasteiger partial charge in [-0.1, -0.05) is 39.8 Å². The molecule has 0 amide bonds. The Labute approximate surface area is 105 Å². The normalized spacial score (nSPS) is 12.4. The fourth-order valence-electron chi connectivity index (χ4n) is 1.96. The van der Waals surface area contributed by atoms with Gasteiger partial charge in [-0.3, -0.25) is 4.79 Å².